The van der Waals surface area contributed by atoms with Crippen LogP contribution in [0.1, 0.15) is 36.5 Å². The van der Waals surface area contributed by atoms with Gasteiger partial charge < -0.3 is 10.3 Å². The van der Waals surface area contributed by atoms with Gasteiger partial charge in [-0.1, -0.05) is 6.42 Å². The number of pyridine rings is 1. The fourth-order valence-corrected chi connectivity index (χ4v) is 3.30. The van der Waals surface area contributed by atoms with Gasteiger partial charge in [-0.2, -0.15) is 0 Å². The van der Waals surface area contributed by atoms with Gasteiger partial charge >= 0.3 is 0 Å². The first-order chi connectivity index (χ1) is 12.7. The molecule has 1 saturated heterocycles. The molecule has 0 radical (unpaired) electrons. The maximum absolute atomic E-state index is 12.9. The lowest BCUT2D eigenvalue weighted by molar-refractivity contribution is 0.0751. The number of carbonyl (C=O) groups is 1. The van der Waals surface area contributed by atoms with Crippen LogP contribution in [0, 0.1) is 0 Å². The molecule has 0 aliphatic carbocycles. The number of amides is 1. The van der Waals surface area contributed by atoms with E-state index in [2.05, 4.69) is 25.7 Å². The molecule has 0 bridgehead atoms. The standard InChI is InChI=1S/C16H20N8O2/c1-2-24-13-10(16(25)20-23-6-4-3-5-7-23)8-18-9-11(13)19-15(24)12-14(17)22-26-21-12/h8-9H,2-7H2,1H3,(H2,17,22)(H,20,25). The quantitative estimate of drug-likeness (QED) is 0.714. The van der Waals surface area contributed by atoms with Crippen molar-refractivity contribution in [3.63, 3.8) is 0 Å². The Hall–Kier alpha value is -3.01. The molecule has 3 aromatic heterocycles. The summed E-state index contributed by atoms with van der Waals surface area (Å²) in [5.41, 5.74) is 10.9. The van der Waals surface area contributed by atoms with Gasteiger partial charge in [0.05, 0.1) is 17.3 Å². The molecule has 136 valence electrons. The highest BCUT2D eigenvalue weighted by atomic mass is 16.6. The summed E-state index contributed by atoms with van der Waals surface area (Å²) >= 11 is 0. The summed E-state index contributed by atoms with van der Waals surface area (Å²) in [6.07, 6.45) is 6.54. The van der Waals surface area contributed by atoms with Crippen molar-refractivity contribution in [2.24, 2.45) is 0 Å². The summed E-state index contributed by atoms with van der Waals surface area (Å²) < 4.78 is 6.57. The number of nitrogens with two attached hydrogens (primary N) is 1. The van der Waals surface area contributed by atoms with E-state index in [9.17, 15) is 4.79 Å². The van der Waals surface area contributed by atoms with Crippen LogP contribution < -0.4 is 11.2 Å². The van der Waals surface area contributed by atoms with Gasteiger partial charge in [-0.25, -0.2) is 14.6 Å². The van der Waals surface area contributed by atoms with Gasteiger partial charge in [0.15, 0.2) is 17.3 Å². The van der Waals surface area contributed by atoms with Crippen LogP contribution in [0.5, 0.6) is 0 Å². The Balaban J connectivity index is 1.77. The minimum atomic E-state index is -0.197. The van der Waals surface area contributed by atoms with Crippen LogP contribution in [0.3, 0.4) is 0 Å². The number of nitrogens with one attached hydrogen (secondary N) is 1. The van der Waals surface area contributed by atoms with E-state index in [0.717, 1.165) is 25.9 Å². The highest BCUT2D eigenvalue weighted by Gasteiger charge is 2.23. The molecule has 0 unspecified atom stereocenters. The number of hydrazine groups is 1. The van der Waals surface area contributed by atoms with Crippen LogP contribution in [0.4, 0.5) is 5.82 Å². The number of nitrogen functional groups attached to an aromatic ring is 1. The number of carbonyl (C=O) groups excluding carboxylic acids is 1. The smallest absolute Gasteiger partial charge is 0.269 e. The molecule has 10 nitrogen and oxygen atoms in total. The van der Waals surface area contributed by atoms with Crippen molar-refractivity contribution >= 4 is 22.8 Å². The van der Waals surface area contributed by atoms with E-state index in [1.165, 1.54) is 6.42 Å². The Morgan fingerprint density at radius 3 is 2.77 bits per heavy atom. The number of anilines is 1. The molecular formula is C16H20N8O2. The van der Waals surface area contributed by atoms with Crippen molar-refractivity contribution in [2.45, 2.75) is 32.7 Å². The zero-order chi connectivity index (χ0) is 18.1. The third-order valence-electron chi connectivity index (χ3n) is 4.55. The second kappa shape index (κ2) is 6.71. The number of imidazole rings is 1. The van der Waals surface area contributed by atoms with Crippen LogP contribution in [0.25, 0.3) is 22.6 Å². The van der Waals surface area contributed by atoms with Crippen LogP contribution in [-0.4, -0.2) is 48.9 Å². The Morgan fingerprint density at radius 2 is 2.08 bits per heavy atom. The molecule has 26 heavy (non-hydrogen) atoms. The second-order valence-corrected chi connectivity index (χ2v) is 6.22. The molecule has 3 N–H and O–H groups in total. The lowest BCUT2D eigenvalue weighted by atomic mass is 10.2. The molecule has 4 rings (SSSR count). The van der Waals surface area contributed by atoms with E-state index < -0.39 is 0 Å². The second-order valence-electron chi connectivity index (χ2n) is 6.22. The van der Waals surface area contributed by atoms with Gasteiger partial charge in [0.1, 0.15) is 5.52 Å². The van der Waals surface area contributed by atoms with Crippen molar-refractivity contribution in [2.75, 3.05) is 18.8 Å². The molecule has 0 atom stereocenters. The van der Waals surface area contributed by atoms with Crippen LogP contribution >= 0.6 is 0 Å². The molecule has 0 saturated carbocycles. The topological polar surface area (TPSA) is 128 Å². The third-order valence-corrected chi connectivity index (χ3v) is 4.55. The van der Waals surface area contributed by atoms with Gasteiger partial charge in [0.2, 0.25) is 0 Å². The van der Waals surface area contributed by atoms with E-state index >= 15 is 0 Å². The molecule has 4 heterocycles. The summed E-state index contributed by atoms with van der Waals surface area (Å²) in [7, 11) is 0. The molecule has 1 amide bonds. The summed E-state index contributed by atoms with van der Waals surface area (Å²) in [5, 5.41) is 9.40. The van der Waals surface area contributed by atoms with E-state index in [1.807, 2.05) is 16.5 Å². The van der Waals surface area contributed by atoms with Gasteiger partial charge in [0, 0.05) is 25.8 Å². The molecule has 1 aliphatic rings. The minimum Gasteiger partial charge on any atom is -0.379 e. The highest BCUT2D eigenvalue weighted by molar-refractivity contribution is 6.05. The zero-order valence-corrected chi connectivity index (χ0v) is 14.5. The molecular weight excluding hydrogens is 336 g/mol. The number of nitrogens with zero attached hydrogens (tertiary/aromatic N) is 6. The van der Waals surface area contributed by atoms with Crippen molar-refractivity contribution in [3.05, 3.63) is 18.0 Å². The third kappa shape index (κ3) is 2.77. The fourth-order valence-electron chi connectivity index (χ4n) is 3.30. The van der Waals surface area contributed by atoms with E-state index in [-0.39, 0.29) is 11.7 Å². The number of fused-ring (bicyclic) bond motifs is 1. The number of aryl methyl sites for hydroxylation is 1. The largest absolute Gasteiger partial charge is 0.379 e. The predicted molar refractivity (Wildman–Crippen MR) is 93.8 cm³/mol. The van der Waals surface area contributed by atoms with Gasteiger partial charge in [-0.15, -0.1) is 0 Å². The summed E-state index contributed by atoms with van der Waals surface area (Å²) in [6, 6.07) is 0. The highest BCUT2D eigenvalue weighted by Crippen LogP contribution is 2.28. The van der Waals surface area contributed by atoms with Crippen LogP contribution in [0.15, 0.2) is 17.0 Å². The van der Waals surface area contributed by atoms with Crippen molar-refractivity contribution in [1.29, 1.82) is 0 Å². The molecule has 0 spiro atoms. The maximum atomic E-state index is 12.9. The summed E-state index contributed by atoms with van der Waals surface area (Å²) in [6.45, 7) is 4.25. The number of hydrogen-bond donors (Lipinski definition) is 2. The molecule has 3 aromatic rings. The molecule has 0 aromatic carbocycles. The molecule has 10 heteroatoms. The maximum Gasteiger partial charge on any atom is 0.269 e. The average Bonchev–Trinajstić information content (AvgIpc) is 3.24. The van der Waals surface area contributed by atoms with Crippen molar-refractivity contribution < 1.29 is 9.42 Å². The Kier molecular flexibility index (Phi) is 4.25. The lowest BCUT2D eigenvalue weighted by Crippen LogP contribution is -2.45. The Labute approximate surface area is 149 Å². The normalized spacial score (nSPS) is 15.4. The van der Waals surface area contributed by atoms with E-state index in [4.69, 9.17) is 10.4 Å². The fraction of sp³-hybridized carbons (Fsp3) is 0.438. The minimum absolute atomic E-state index is 0.155. The first-order valence-corrected chi connectivity index (χ1v) is 8.67. The van der Waals surface area contributed by atoms with E-state index in [1.54, 1.807) is 12.4 Å². The van der Waals surface area contributed by atoms with Crippen LogP contribution in [-0.2, 0) is 6.54 Å². The SMILES string of the molecule is CCn1c(-c2nonc2N)nc2cncc(C(=O)NN3CCCCC3)c21. The Bertz CT molecular complexity index is 941. The number of rotatable bonds is 4. The predicted octanol–water partition coefficient (Wildman–Crippen LogP) is 1.21. The van der Waals surface area contributed by atoms with E-state index in [0.29, 0.717) is 34.7 Å². The number of hydrogen-bond acceptors (Lipinski definition) is 8. The van der Waals surface area contributed by atoms with Crippen molar-refractivity contribution in [1.82, 2.24) is 35.3 Å². The zero-order valence-electron chi connectivity index (χ0n) is 14.5. The number of aromatic nitrogens is 5. The van der Waals surface area contributed by atoms with Crippen molar-refractivity contribution in [3.8, 4) is 11.5 Å². The first kappa shape index (κ1) is 16.5. The van der Waals surface area contributed by atoms with Gasteiger partial charge in [0.25, 0.3) is 5.91 Å². The number of piperidine rings is 1. The van der Waals surface area contributed by atoms with Gasteiger partial charge in [-0.3, -0.25) is 15.2 Å². The summed E-state index contributed by atoms with van der Waals surface area (Å²) in [5.74, 6) is 0.459. The monoisotopic (exact) mass is 356 g/mol. The molecule has 1 aliphatic heterocycles. The molecule has 1 fully saturated rings. The summed E-state index contributed by atoms with van der Waals surface area (Å²) in [4.78, 5) is 21.6. The average molecular weight is 356 g/mol. The lowest BCUT2D eigenvalue weighted by Gasteiger charge is -2.26. The van der Waals surface area contributed by atoms with Crippen LogP contribution in [0.2, 0.25) is 0 Å². The van der Waals surface area contributed by atoms with Gasteiger partial charge in [-0.05, 0) is 30.1 Å². The first-order valence-electron chi connectivity index (χ1n) is 8.67. The Morgan fingerprint density at radius 1 is 1.27 bits per heavy atom.